The zero-order valence-electron chi connectivity index (χ0n) is 11.2. The maximum Gasteiger partial charge on any atom is 0.0138 e. The summed E-state index contributed by atoms with van der Waals surface area (Å²) in [5.41, 5.74) is 0. The minimum atomic E-state index is 0.801. The maximum atomic E-state index is 3.99. The molecule has 17 heavy (non-hydrogen) atoms. The lowest BCUT2D eigenvalue weighted by atomic mass is 9.70. The first-order valence-corrected chi connectivity index (χ1v) is 7.81. The van der Waals surface area contributed by atoms with Crippen molar-refractivity contribution in [1.29, 1.82) is 0 Å². The maximum absolute atomic E-state index is 3.99. The van der Waals surface area contributed by atoms with Crippen LogP contribution in [0.3, 0.4) is 0 Å². The van der Waals surface area contributed by atoms with Crippen molar-refractivity contribution in [2.45, 2.75) is 70.4 Å². The van der Waals surface area contributed by atoms with Crippen molar-refractivity contribution in [3.63, 3.8) is 0 Å². The van der Waals surface area contributed by atoms with Gasteiger partial charge in [-0.3, -0.25) is 0 Å². The monoisotopic (exact) mass is 233 g/mol. The van der Waals surface area contributed by atoms with E-state index >= 15 is 0 Å². The molecule has 2 fully saturated rings. The molecule has 3 rings (SSSR count). The van der Waals surface area contributed by atoms with E-state index in [0.717, 1.165) is 29.8 Å². The molecule has 0 amide bonds. The Bertz CT molecular complexity index is 277. The molecular formula is C16H27N. The minimum absolute atomic E-state index is 0.801. The number of allylic oxidation sites excluding steroid dienone is 1. The van der Waals surface area contributed by atoms with Gasteiger partial charge in [0.05, 0.1) is 0 Å². The summed E-state index contributed by atoms with van der Waals surface area (Å²) in [5.74, 6) is 2.85. The average molecular weight is 233 g/mol. The van der Waals surface area contributed by atoms with Crippen molar-refractivity contribution in [3.05, 3.63) is 12.2 Å². The Morgan fingerprint density at radius 3 is 2.76 bits per heavy atom. The molecule has 0 aromatic heterocycles. The van der Waals surface area contributed by atoms with Crippen LogP contribution in [0, 0.1) is 17.8 Å². The predicted molar refractivity (Wildman–Crippen MR) is 72.9 cm³/mol. The van der Waals surface area contributed by atoms with Crippen LogP contribution < -0.4 is 5.32 Å². The van der Waals surface area contributed by atoms with Gasteiger partial charge in [0.2, 0.25) is 0 Å². The average Bonchev–Trinajstić information content (AvgIpc) is 2.73. The molecule has 0 aliphatic heterocycles. The molecule has 0 radical (unpaired) electrons. The van der Waals surface area contributed by atoms with E-state index in [0.29, 0.717) is 0 Å². The third kappa shape index (κ3) is 2.31. The molecule has 96 valence electrons. The standard InChI is InChI=1S/C16H27N/c1-2-15(12-7-4-3-5-8-12)17-16-11-13-9-6-10-14(13)16/h6,10,12-17H,2-5,7-9,11H2,1H3. The van der Waals surface area contributed by atoms with E-state index in [9.17, 15) is 0 Å². The lowest BCUT2D eigenvalue weighted by molar-refractivity contribution is 0.126. The van der Waals surface area contributed by atoms with Crippen molar-refractivity contribution >= 4 is 0 Å². The highest BCUT2D eigenvalue weighted by Crippen LogP contribution is 2.43. The van der Waals surface area contributed by atoms with Gasteiger partial charge in [-0.05, 0) is 49.9 Å². The van der Waals surface area contributed by atoms with E-state index in [-0.39, 0.29) is 0 Å². The molecule has 0 bridgehead atoms. The molecule has 2 saturated carbocycles. The normalized spacial score (nSPS) is 38.8. The van der Waals surface area contributed by atoms with Gasteiger partial charge in [-0.2, -0.15) is 0 Å². The Balaban J connectivity index is 1.53. The molecule has 0 aromatic carbocycles. The fourth-order valence-corrected chi connectivity index (χ4v) is 4.31. The topological polar surface area (TPSA) is 12.0 Å². The number of rotatable bonds is 4. The van der Waals surface area contributed by atoms with Crippen LogP contribution in [-0.4, -0.2) is 12.1 Å². The summed E-state index contributed by atoms with van der Waals surface area (Å²) in [6, 6.07) is 1.61. The van der Waals surface area contributed by atoms with Gasteiger partial charge in [0, 0.05) is 12.1 Å². The van der Waals surface area contributed by atoms with Crippen molar-refractivity contribution < 1.29 is 0 Å². The fraction of sp³-hybridized carbons (Fsp3) is 0.875. The second-order valence-corrected chi connectivity index (χ2v) is 6.42. The van der Waals surface area contributed by atoms with Gasteiger partial charge < -0.3 is 5.32 Å². The highest BCUT2D eigenvalue weighted by atomic mass is 15.0. The Morgan fingerprint density at radius 2 is 2.06 bits per heavy atom. The van der Waals surface area contributed by atoms with Crippen LogP contribution in [-0.2, 0) is 0 Å². The molecule has 3 aliphatic carbocycles. The van der Waals surface area contributed by atoms with Crippen LogP contribution in [0.25, 0.3) is 0 Å². The Morgan fingerprint density at radius 1 is 1.24 bits per heavy atom. The van der Waals surface area contributed by atoms with Gasteiger partial charge >= 0.3 is 0 Å². The van der Waals surface area contributed by atoms with E-state index in [1.54, 1.807) is 0 Å². The Hall–Kier alpha value is -0.300. The number of hydrogen-bond donors (Lipinski definition) is 1. The molecule has 1 heteroatoms. The first-order chi connectivity index (χ1) is 8.38. The van der Waals surface area contributed by atoms with Gasteiger partial charge in [-0.15, -0.1) is 0 Å². The summed E-state index contributed by atoms with van der Waals surface area (Å²) < 4.78 is 0. The molecular weight excluding hydrogens is 206 g/mol. The predicted octanol–water partition coefficient (Wildman–Crippen LogP) is 3.90. The third-order valence-electron chi connectivity index (χ3n) is 5.45. The lowest BCUT2D eigenvalue weighted by Gasteiger charge is -2.44. The first-order valence-electron chi connectivity index (χ1n) is 7.81. The minimum Gasteiger partial charge on any atom is -0.310 e. The first kappa shape index (κ1) is 11.8. The van der Waals surface area contributed by atoms with Crippen LogP contribution in [0.2, 0.25) is 0 Å². The number of nitrogens with one attached hydrogen (secondary N) is 1. The fourth-order valence-electron chi connectivity index (χ4n) is 4.31. The van der Waals surface area contributed by atoms with Gasteiger partial charge in [0.25, 0.3) is 0 Å². The Kier molecular flexibility index (Phi) is 3.56. The third-order valence-corrected chi connectivity index (χ3v) is 5.45. The SMILES string of the molecule is CCC(NC1CC2CC=CC21)C1CCCCC1. The summed E-state index contributed by atoms with van der Waals surface area (Å²) in [5, 5.41) is 3.99. The van der Waals surface area contributed by atoms with E-state index in [4.69, 9.17) is 0 Å². The van der Waals surface area contributed by atoms with Crippen molar-refractivity contribution in [2.75, 3.05) is 0 Å². The lowest BCUT2D eigenvalue weighted by Crippen LogP contribution is -2.53. The molecule has 1 nitrogen and oxygen atoms in total. The van der Waals surface area contributed by atoms with Crippen LogP contribution in [0.5, 0.6) is 0 Å². The molecule has 3 aliphatic rings. The smallest absolute Gasteiger partial charge is 0.0138 e. The zero-order chi connectivity index (χ0) is 11.7. The van der Waals surface area contributed by atoms with Gasteiger partial charge in [-0.25, -0.2) is 0 Å². The van der Waals surface area contributed by atoms with Gasteiger partial charge in [0.1, 0.15) is 0 Å². The summed E-state index contributed by atoms with van der Waals surface area (Å²) in [4.78, 5) is 0. The zero-order valence-corrected chi connectivity index (χ0v) is 11.2. The molecule has 4 unspecified atom stereocenters. The highest BCUT2D eigenvalue weighted by Gasteiger charge is 2.42. The van der Waals surface area contributed by atoms with Crippen molar-refractivity contribution in [1.82, 2.24) is 5.32 Å². The molecule has 0 spiro atoms. The van der Waals surface area contributed by atoms with Crippen LogP contribution in [0.4, 0.5) is 0 Å². The van der Waals surface area contributed by atoms with E-state index in [1.807, 2.05) is 0 Å². The molecule has 0 aromatic rings. The molecule has 1 N–H and O–H groups in total. The quantitative estimate of drug-likeness (QED) is 0.726. The van der Waals surface area contributed by atoms with Crippen LogP contribution in [0.1, 0.15) is 58.3 Å². The van der Waals surface area contributed by atoms with Crippen molar-refractivity contribution in [3.8, 4) is 0 Å². The van der Waals surface area contributed by atoms with Crippen LogP contribution in [0.15, 0.2) is 12.2 Å². The second-order valence-electron chi connectivity index (χ2n) is 6.42. The Labute approximate surface area is 106 Å². The highest BCUT2D eigenvalue weighted by molar-refractivity contribution is 5.13. The second kappa shape index (κ2) is 5.14. The molecule has 4 atom stereocenters. The molecule has 0 saturated heterocycles. The van der Waals surface area contributed by atoms with E-state index < -0.39 is 0 Å². The van der Waals surface area contributed by atoms with E-state index in [2.05, 4.69) is 24.4 Å². The summed E-state index contributed by atoms with van der Waals surface area (Å²) in [7, 11) is 0. The summed E-state index contributed by atoms with van der Waals surface area (Å²) in [6.07, 6.45) is 16.3. The summed E-state index contributed by atoms with van der Waals surface area (Å²) in [6.45, 7) is 2.37. The molecule has 0 heterocycles. The number of hydrogen-bond acceptors (Lipinski definition) is 1. The largest absolute Gasteiger partial charge is 0.310 e. The van der Waals surface area contributed by atoms with Gasteiger partial charge in [-0.1, -0.05) is 38.3 Å². The number of fused-ring (bicyclic) bond motifs is 1. The van der Waals surface area contributed by atoms with Crippen LogP contribution >= 0.6 is 0 Å². The summed E-state index contributed by atoms with van der Waals surface area (Å²) >= 11 is 0. The van der Waals surface area contributed by atoms with Gasteiger partial charge in [0.15, 0.2) is 0 Å². The van der Waals surface area contributed by atoms with E-state index in [1.165, 1.54) is 51.4 Å². The van der Waals surface area contributed by atoms with Crippen molar-refractivity contribution in [2.24, 2.45) is 17.8 Å².